The van der Waals surface area contributed by atoms with Gasteiger partial charge in [0.1, 0.15) is 0 Å². The van der Waals surface area contributed by atoms with Gasteiger partial charge in [-0.25, -0.2) is 0 Å². The molecule has 0 fully saturated rings. The highest BCUT2D eigenvalue weighted by Crippen LogP contribution is 2.26. The van der Waals surface area contributed by atoms with Gasteiger partial charge in [0.05, 0.1) is 5.02 Å². The molecule has 2 aromatic carbocycles. The van der Waals surface area contributed by atoms with Crippen LogP contribution in [-0.4, -0.2) is 0 Å². The van der Waals surface area contributed by atoms with Crippen LogP contribution in [0.4, 0.5) is 0 Å². The van der Waals surface area contributed by atoms with Gasteiger partial charge in [-0.2, -0.15) is 0 Å². The van der Waals surface area contributed by atoms with Crippen molar-refractivity contribution in [1.29, 1.82) is 0 Å². The number of hydrogen-bond donors (Lipinski definition) is 0. The van der Waals surface area contributed by atoms with Crippen LogP contribution in [0.5, 0.6) is 0 Å². The van der Waals surface area contributed by atoms with E-state index in [-0.39, 0.29) is 0 Å². The molecule has 0 unspecified atom stereocenters. The van der Waals surface area contributed by atoms with E-state index in [1.165, 1.54) is 0 Å². The van der Waals surface area contributed by atoms with Gasteiger partial charge in [0, 0.05) is 14.0 Å². The van der Waals surface area contributed by atoms with E-state index in [0.717, 1.165) is 25.1 Å². The first-order valence-electron chi connectivity index (χ1n) is 5.14. The molecule has 0 aliphatic heterocycles. The zero-order valence-corrected chi connectivity index (χ0v) is 13.8. The molecule has 0 spiro atoms. The molecule has 2 aromatic rings. The number of hydrogen-bond acceptors (Lipinski definition) is 0. The van der Waals surface area contributed by atoms with Crippen molar-refractivity contribution in [1.82, 2.24) is 0 Å². The first kappa shape index (κ1) is 14.1. The summed E-state index contributed by atoms with van der Waals surface area (Å²) in [5, 5.41) is 1.42. The Kier molecular flexibility index (Phi) is 4.91. The molecule has 0 aliphatic carbocycles. The third-order valence-electron chi connectivity index (χ3n) is 2.36. The molecular weight excluding hydrogens is 399 g/mol. The first-order chi connectivity index (χ1) is 8.56. The van der Waals surface area contributed by atoms with E-state index in [2.05, 4.69) is 31.9 Å². The summed E-state index contributed by atoms with van der Waals surface area (Å²) in [5.41, 5.74) is 2.10. The molecule has 0 saturated heterocycles. The molecular formula is C14H8Br2Cl2. The lowest BCUT2D eigenvalue weighted by molar-refractivity contribution is 1.59. The van der Waals surface area contributed by atoms with Gasteiger partial charge in [0.2, 0.25) is 0 Å². The van der Waals surface area contributed by atoms with Gasteiger partial charge in [-0.3, -0.25) is 0 Å². The normalized spacial score (nSPS) is 11.1. The summed E-state index contributed by atoms with van der Waals surface area (Å²) in [6, 6.07) is 11.5. The lowest BCUT2D eigenvalue weighted by Gasteiger charge is -2.00. The van der Waals surface area contributed by atoms with Crippen LogP contribution in [0, 0.1) is 0 Å². The minimum Gasteiger partial charge on any atom is -0.0843 e. The van der Waals surface area contributed by atoms with Gasteiger partial charge < -0.3 is 0 Å². The third kappa shape index (κ3) is 3.61. The maximum absolute atomic E-state index is 5.96. The van der Waals surface area contributed by atoms with E-state index in [4.69, 9.17) is 23.2 Å². The van der Waals surface area contributed by atoms with Crippen LogP contribution in [-0.2, 0) is 0 Å². The van der Waals surface area contributed by atoms with Gasteiger partial charge >= 0.3 is 0 Å². The van der Waals surface area contributed by atoms with Crippen molar-refractivity contribution < 1.29 is 0 Å². The van der Waals surface area contributed by atoms with Crippen molar-refractivity contribution >= 4 is 67.2 Å². The summed E-state index contributed by atoms with van der Waals surface area (Å²) in [7, 11) is 0. The van der Waals surface area contributed by atoms with Gasteiger partial charge in [-0.05, 0) is 57.4 Å². The lowest BCUT2D eigenvalue weighted by atomic mass is 10.1. The summed E-state index contributed by atoms with van der Waals surface area (Å²) in [6.45, 7) is 0. The topological polar surface area (TPSA) is 0 Å². The fourth-order valence-corrected chi connectivity index (χ4v) is 2.52. The molecule has 92 valence electrons. The van der Waals surface area contributed by atoms with E-state index < -0.39 is 0 Å². The van der Waals surface area contributed by atoms with Gasteiger partial charge in [-0.15, -0.1) is 0 Å². The molecule has 0 saturated carbocycles. The average Bonchev–Trinajstić information content (AvgIpc) is 2.34. The fraction of sp³-hybridized carbons (Fsp3) is 0. The predicted molar refractivity (Wildman–Crippen MR) is 87.2 cm³/mol. The molecule has 0 N–H and O–H groups in total. The molecule has 4 heteroatoms. The Morgan fingerprint density at radius 2 is 1.61 bits per heavy atom. The maximum atomic E-state index is 5.96. The Balaban J connectivity index is 2.29. The van der Waals surface area contributed by atoms with Crippen LogP contribution in [0.25, 0.3) is 12.2 Å². The Bertz CT molecular complexity index is 607. The second-order valence-corrected chi connectivity index (χ2v) is 6.23. The zero-order chi connectivity index (χ0) is 13.1. The fourth-order valence-electron chi connectivity index (χ4n) is 1.44. The summed E-state index contributed by atoms with van der Waals surface area (Å²) in [4.78, 5) is 0. The SMILES string of the molecule is Clc1ccc(Br)c(C=Cc2ccc(Cl)c(Br)c2)c1. The summed E-state index contributed by atoms with van der Waals surface area (Å²) in [6.07, 6.45) is 4.02. The number of benzene rings is 2. The second-order valence-electron chi connectivity index (χ2n) is 3.67. The van der Waals surface area contributed by atoms with Gasteiger partial charge in [-0.1, -0.05) is 57.4 Å². The van der Waals surface area contributed by atoms with Gasteiger partial charge in [0.15, 0.2) is 0 Å². The van der Waals surface area contributed by atoms with Crippen LogP contribution in [0.15, 0.2) is 45.3 Å². The lowest BCUT2D eigenvalue weighted by Crippen LogP contribution is -1.77. The molecule has 2 rings (SSSR count). The first-order valence-corrected chi connectivity index (χ1v) is 7.48. The van der Waals surface area contributed by atoms with E-state index in [1.807, 2.05) is 48.6 Å². The molecule has 0 aliphatic rings. The summed E-state index contributed by atoms with van der Waals surface area (Å²) in [5.74, 6) is 0. The molecule has 0 radical (unpaired) electrons. The quantitative estimate of drug-likeness (QED) is 0.487. The predicted octanol–water partition coefficient (Wildman–Crippen LogP) is 6.69. The van der Waals surface area contributed by atoms with Crippen LogP contribution < -0.4 is 0 Å². The Morgan fingerprint density at radius 1 is 0.833 bits per heavy atom. The third-order valence-corrected chi connectivity index (χ3v) is 4.53. The van der Waals surface area contributed by atoms with Crippen molar-refractivity contribution in [3.8, 4) is 0 Å². The van der Waals surface area contributed by atoms with Gasteiger partial charge in [0.25, 0.3) is 0 Å². The van der Waals surface area contributed by atoms with Crippen LogP contribution in [0.1, 0.15) is 11.1 Å². The van der Waals surface area contributed by atoms with Crippen LogP contribution >= 0.6 is 55.1 Å². The van der Waals surface area contributed by atoms with Crippen molar-refractivity contribution in [3.63, 3.8) is 0 Å². The minimum atomic E-state index is 0.705. The highest BCUT2D eigenvalue weighted by atomic mass is 79.9. The average molecular weight is 407 g/mol. The molecule has 0 aromatic heterocycles. The molecule has 0 atom stereocenters. The highest BCUT2D eigenvalue weighted by molar-refractivity contribution is 9.10. The molecule has 18 heavy (non-hydrogen) atoms. The van der Waals surface area contributed by atoms with E-state index in [0.29, 0.717) is 5.02 Å². The van der Waals surface area contributed by atoms with Crippen molar-refractivity contribution in [3.05, 3.63) is 66.5 Å². The smallest absolute Gasteiger partial charge is 0.0548 e. The highest BCUT2D eigenvalue weighted by Gasteiger charge is 1.99. The molecule has 0 heterocycles. The molecule has 0 bridgehead atoms. The summed E-state index contributed by atoms with van der Waals surface area (Å²) >= 11 is 18.8. The number of rotatable bonds is 2. The van der Waals surface area contributed by atoms with Crippen molar-refractivity contribution in [2.45, 2.75) is 0 Å². The van der Waals surface area contributed by atoms with E-state index in [1.54, 1.807) is 0 Å². The Labute approximate surface area is 133 Å². The minimum absolute atomic E-state index is 0.705. The zero-order valence-electron chi connectivity index (χ0n) is 9.13. The largest absolute Gasteiger partial charge is 0.0843 e. The molecule has 0 amide bonds. The number of halogens is 4. The molecule has 0 nitrogen and oxygen atoms in total. The maximum Gasteiger partial charge on any atom is 0.0548 e. The monoisotopic (exact) mass is 404 g/mol. The van der Waals surface area contributed by atoms with Crippen molar-refractivity contribution in [2.24, 2.45) is 0 Å². The second kappa shape index (κ2) is 6.25. The Hall–Kier alpha value is -0.280. The Morgan fingerprint density at radius 3 is 2.33 bits per heavy atom. The van der Waals surface area contributed by atoms with Crippen LogP contribution in [0.2, 0.25) is 10.0 Å². The standard InChI is InChI=1S/C14H8Br2Cl2/c15-12-5-4-11(17)8-10(12)3-1-9-2-6-14(18)13(16)7-9/h1-8H. The van der Waals surface area contributed by atoms with Crippen molar-refractivity contribution in [2.75, 3.05) is 0 Å². The van der Waals surface area contributed by atoms with E-state index in [9.17, 15) is 0 Å². The summed E-state index contributed by atoms with van der Waals surface area (Å²) < 4.78 is 1.90. The van der Waals surface area contributed by atoms with E-state index >= 15 is 0 Å². The van der Waals surface area contributed by atoms with Crippen LogP contribution in [0.3, 0.4) is 0 Å².